The third-order valence-corrected chi connectivity index (χ3v) is 12.0. The number of H-pyrrole nitrogens is 2. The van der Waals surface area contributed by atoms with E-state index in [-0.39, 0.29) is 25.2 Å². The van der Waals surface area contributed by atoms with Crippen LogP contribution >= 0.6 is 0 Å². The number of aromatic amines is 2. The first-order chi connectivity index (χ1) is 29.4. The Morgan fingerprint density at radius 1 is 0.633 bits per heavy atom. The number of hydrogen-bond donors (Lipinski definition) is 4. The topological polar surface area (TPSA) is 131 Å². The number of benzene rings is 4. The molecule has 2 atom stereocenters. The molecule has 8 rings (SSSR count). The first kappa shape index (κ1) is 42.3. The van der Waals surface area contributed by atoms with Gasteiger partial charge in [0, 0.05) is 84.6 Å². The van der Waals surface area contributed by atoms with E-state index in [1.807, 2.05) is 24.3 Å². The minimum atomic E-state index is -0.347. The number of carbonyl (C=O) groups excluding carboxylic acids is 2. The van der Waals surface area contributed by atoms with E-state index in [0.717, 1.165) is 62.7 Å². The van der Waals surface area contributed by atoms with Crippen molar-refractivity contribution in [2.75, 3.05) is 53.6 Å². The number of hydrogen-bond acceptors (Lipinski definition) is 8. The van der Waals surface area contributed by atoms with Crippen LogP contribution in [0.5, 0.6) is 0 Å². The maximum Gasteiger partial charge on any atom is 0.330 e. The van der Waals surface area contributed by atoms with Crippen molar-refractivity contribution < 1.29 is 29.3 Å². The van der Waals surface area contributed by atoms with E-state index in [4.69, 9.17) is 0 Å². The van der Waals surface area contributed by atoms with Gasteiger partial charge in [-0.1, -0.05) is 72.8 Å². The van der Waals surface area contributed by atoms with Crippen molar-refractivity contribution >= 4 is 45.9 Å². The number of carbonyl (C=O) groups is 2. The number of ether oxygens (including phenoxy) is 2. The number of nitrogens with one attached hydrogen (secondary N) is 2. The Hall–Kier alpha value is -5.78. The minimum absolute atomic E-state index is 0.152. The molecule has 0 aliphatic heterocycles. The van der Waals surface area contributed by atoms with Crippen LogP contribution < -0.4 is 0 Å². The molecule has 0 spiro atoms. The normalized spacial score (nSPS) is 15.9. The summed E-state index contributed by atoms with van der Waals surface area (Å²) in [7, 11) is 2.76. The Balaban J connectivity index is 0.000000181. The summed E-state index contributed by atoms with van der Waals surface area (Å²) in [6, 6.07) is 30.1. The molecule has 0 bridgehead atoms. The molecule has 2 aromatic heterocycles. The van der Waals surface area contributed by atoms with Gasteiger partial charge >= 0.3 is 11.9 Å². The van der Waals surface area contributed by atoms with Gasteiger partial charge in [-0.05, 0) is 107 Å². The lowest BCUT2D eigenvalue weighted by molar-refractivity contribution is -0.135. The SMILES string of the molecule is COC(=O)/C=C/c1ccc2c(c1)CCC2N(CCO)CCc1c[nH]c2ccccc12.COC(=O)/C=C/c1ccc2c(c1)CCC2N(CCO)CCc1c[nH]c2ccccc12. The van der Waals surface area contributed by atoms with Gasteiger partial charge in [-0.3, -0.25) is 9.80 Å². The van der Waals surface area contributed by atoms with Crippen LogP contribution in [0.1, 0.15) is 69.4 Å². The van der Waals surface area contributed by atoms with Gasteiger partial charge in [0.25, 0.3) is 0 Å². The van der Waals surface area contributed by atoms with Crippen LogP contribution in [-0.2, 0) is 44.7 Å². The molecule has 2 aliphatic rings. The van der Waals surface area contributed by atoms with Crippen LogP contribution in [0.4, 0.5) is 0 Å². The fourth-order valence-corrected chi connectivity index (χ4v) is 8.97. The molecule has 2 unspecified atom stereocenters. The Morgan fingerprint density at radius 2 is 1.07 bits per heavy atom. The van der Waals surface area contributed by atoms with E-state index in [9.17, 15) is 19.8 Å². The standard InChI is InChI=1S/2C25H28N2O3/c2*1-30-25(29)11-7-18-6-9-22-19(16-18)8-10-24(22)27(14-15-28)13-12-20-17-26-23-5-3-2-4-21(20)23/h2*2-7,9,11,16-17,24,26,28H,8,10,12-15H2,1H3/b2*11-7+. The molecular weight excluding hydrogens is 753 g/mol. The first-order valence-corrected chi connectivity index (χ1v) is 21.0. The largest absolute Gasteiger partial charge is 0.466 e. The lowest BCUT2D eigenvalue weighted by Gasteiger charge is -2.29. The quantitative estimate of drug-likeness (QED) is 0.0577. The number of rotatable bonds is 16. The first-order valence-electron chi connectivity index (χ1n) is 21.0. The van der Waals surface area contributed by atoms with Crippen LogP contribution in [0.2, 0.25) is 0 Å². The zero-order chi connectivity index (χ0) is 41.8. The highest BCUT2D eigenvalue weighted by Crippen LogP contribution is 2.38. The smallest absolute Gasteiger partial charge is 0.330 e. The zero-order valence-electron chi connectivity index (χ0n) is 34.6. The molecule has 60 heavy (non-hydrogen) atoms. The molecule has 312 valence electrons. The van der Waals surface area contributed by atoms with Crippen LogP contribution in [0.25, 0.3) is 34.0 Å². The molecule has 2 aliphatic carbocycles. The van der Waals surface area contributed by atoms with Crippen LogP contribution in [-0.4, -0.2) is 95.5 Å². The minimum Gasteiger partial charge on any atom is -0.466 e. The molecule has 0 saturated heterocycles. The van der Waals surface area contributed by atoms with Crippen molar-refractivity contribution in [3.05, 3.63) is 154 Å². The number of aromatic nitrogens is 2. The molecule has 6 aromatic rings. The number of aliphatic hydroxyl groups is 2. The van der Waals surface area contributed by atoms with Gasteiger partial charge in [0.15, 0.2) is 0 Å². The summed E-state index contributed by atoms with van der Waals surface area (Å²) >= 11 is 0. The Bertz CT molecular complexity index is 2280. The number of esters is 2. The van der Waals surface area contributed by atoms with Crippen molar-refractivity contribution in [2.45, 2.75) is 50.6 Å². The van der Waals surface area contributed by atoms with Crippen molar-refractivity contribution in [1.29, 1.82) is 0 Å². The van der Waals surface area contributed by atoms with E-state index >= 15 is 0 Å². The summed E-state index contributed by atoms with van der Waals surface area (Å²) in [5.74, 6) is -0.695. The lowest BCUT2D eigenvalue weighted by atomic mass is 10.0. The van der Waals surface area contributed by atoms with Crippen molar-refractivity contribution in [2.24, 2.45) is 0 Å². The van der Waals surface area contributed by atoms with Gasteiger partial charge in [0.2, 0.25) is 0 Å². The average molecular weight is 809 g/mol. The Kier molecular flexibility index (Phi) is 14.4. The number of aliphatic hydroxyl groups excluding tert-OH is 2. The van der Waals surface area contributed by atoms with Gasteiger partial charge in [-0.25, -0.2) is 9.59 Å². The number of aryl methyl sites for hydroxylation is 2. The van der Waals surface area contributed by atoms with E-state index in [1.165, 1.54) is 81.6 Å². The summed E-state index contributed by atoms with van der Waals surface area (Å²) in [6.07, 6.45) is 16.7. The van der Waals surface area contributed by atoms with Crippen LogP contribution in [0.3, 0.4) is 0 Å². The van der Waals surface area contributed by atoms with E-state index in [0.29, 0.717) is 25.2 Å². The maximum atomic E-state index is 11.3. The molecule has 10 heteroatoms. The molecule has 0 fully saturated rings. The van der Waals surface area contributed by atoms with Crippen molar-refractivity contribution in [1.82, 2.24) is 19.8 Å². The highest BCUT2D eigenvalue weighted by atomic mass is 16.5. The van der Waals surface area contributed by atoms with Gasteiger partial charge in [-0.15, -0.1) is 0 Å². The van der Waals surface area contributed by atoms with Crippen LogP contribution in [0, 0.1) is 0 Å². The zero-order valence-corrected chi connectivity index (χ0v) is 34.6. The third-order valence-electron chi connectivity index (χ3n) is 12.0. The van der Waals surface area contributed by atoms with Gasteiger partial charge in [0.05, 0.1) is 27.4 Å². The number of para-hydroxylation sites is 2. The summed E-state index contributed by atoms with van der Waals surface area (Å²) < 4.78 is 9.33. The summed E-state index contributed by atoms with van der Waals surface area (Å²) in [5.41, 5.74) is 12.3. The maximum absolute atomic E-state index is 11.3. The molecule has 4 N–H and O–H groups in total. The molecule has 2 heterocycles. The van der Waals surface area contributed by atoms with Crippen molar-refractivity contribution in [3.8, 4) is 0 Å². The predicted octanol–water partition coefficient (Wildman–Crippen LogP) is 7.76. The van der Waals surface area contributed by atoms with Gasteiger partial charge in [0.1, 0.15) is 0 Å². The van der Waals surface area contributed by atoms with Crippen LogP contribution in [0.15, 0.2) is 109 Å². The fourth-order valence-electron chi connectivity index (χ4n) is 8.97. The summed E-state index contributed by atoms with van der Waals surface area (Å²) in [5, 5.41) is 21.9. The van der Waals surface area contributed by atoms with Gasteiger partial charge in [-0.2, -0.15) is 0 Å². The molecular formula is C50H56N4O6. The Morgan fingerprint density at radius 3 is 1.48 bits per heavy atom. The van der Waals surface area contributed by atoms with Crippen molar-refractivity contribution in [3.63, 3.8) is 0 Å². The monoisotopic (exact) mass is 808 g/mol. The highest BCUT2D eigenvalue weighted by Gasteiger charge is 2.29. The fraction of sp³-hybridized carbons (Fsp3) is 0.320. The molecule has 10 nitrogen and oxygen atoms in total. The Labute approximate surface area is 352 Å². The third kappa shape index (κ3) is 10.1. The number of fused-ring (bicyclic) bond motifs is 4. The lowest BCUT2D eigenvalue weighted by Crippen LogP contribution is -2.32. The van der Waals surface area contributed by atoms with E-state index in [1.54, 1.807) is 12.2 Å². The second-order valence-electron chi connectivity index (χ2n) is 15.5. The molecule has 4 aromatic carbocycles. The predicted molar refractivity (Wildman–Crippen MR) is 238 cm³/mol. The number of nitrogens with zero attached hydrogens (tertiary/aromatic N) is 2. The highest BCUT2D eigenvalue weighted by molar-refractivity contribution is 5.87. The second-order valence-corrected chi connectivity index (χ2v) is 15.5. The van der Waals surface area contributed by atoms with Gasteiger partial charge < -0.3 is 29.7 Å². The molecule has 0 saturated carbocycles. The molecule has 0 radical (unpaired) electrons. The number of methoxy groups -OCH3 is 2. The second kappa shape index (κ2) is 20.5. The summed E-state index contributed by atoms with van der Waals surface area (Å²) in [4.78, 5) is 34.2. The van der Waals surface area contributed by atoms with E-state index in [2.05, 4.69) is 102 Å². The molecule has 0 amide bonds. The summed E-state index contributed by atoms with van der Waals surface area (Å²) in [6.45, 7) is 3.43. The average Bonchev–Trinajstić information content (AvgIpc) is 4.10. The van der Waals surface area contributed by atoms with E-state index < -0.39 is 0 Å².